The maximum atomic E-state index is 11.9. The Labute approximate surface area is 140 Å². The van der Waals surface area contributed by atoms with Crippen LogP contribution in [-0.2, 0) is 9.53 Å². The summed E-state index contributed by atoms with van der Waals surface area (Å²) in [4.78, 5) is 11.9. The molecular weight excluding hydrogens is 290 g/mol. The van der Waals surface area contributed by atoms with Crippen molar-refractivity contribution in [1.82, 2.24) is 5.32 Å². The molecule has 0 saturated carbocycles. The van der Waals surface area contributed by atoms with Crippen molar-refractivity contribution in [2.45, 2.75) is 71.8 Å². The molecule has 0 spiro atoms. The molecule has 23 heavy (non-hydrogen) atoms. The largest absolute Gasteiger partial charge is 0.389 e. The van der Waals surface area contributed by atoms with Gasteiger partial charge < -0.3 is 15.2 Å². The zero-order chi connectivity index (χ0) is 17.4. The Morgan fingerprint density at radius 3 is 2.70 bits per heavy atom. The number of carbonyl (C=O) groups is 1. The summed E-state index contributed by atoms with van der Waals surface area (Å²) in [6.45, 7) is 9.89. The van der Waals surface area contributed by atoms with Crippen molar-refractivity contribution in [2.24, 2.45) is 5.92 Å². The molecule has 0 unspecified atom stereocenters. The van der Waals surface area contributed by atoms with E-state index in [-0.39, 0.29) is 24.2 Å². The predicted octanol–water partition coefficient (Wildman–Crippen LogP) is 3.13. The summed E-state index contributed by atoms with van der Waals surface area (Å²) < 4.78 is 6.11. The van der Waals surface area contributed by atoms with Crippen LogP contribution in [0, 0.1) is 5.92 Å². The molecule has 1 amide bonds. The minimum absolute atomic E-state index is 0.00742. The van der Waals surface area contributed by atoms with Crippen LogP contribution in [0.15, 0.2) is 36.0 Å². The molecule has 0 bridgehead atoms. The lowest BCUT2D eigenvalue weighted by Gasteiger charge is -2.39. The number of hydrogen-bond donors (Lipinski definition) is 2. The van der Waals surface area contributed by atoms with Gasteiger partial charge in [0.15, 0.2) is 0 Å². The number of ether oxygens (including phenoxy) is 1. The Morgan fingerprint density at radius 1 is 1.39 bits per heavy atom. The van der Waals surface area contributed by atoms with Gasteiger partial charge in [-0.1, -0.05) is 36.8 Å². The Hall–Kier alpha value is -1.39. The van der Waals surface area contributed by atoms with Gasteiger partial charge in [0.25, 0.3) is 0 Å². The van der Waals surface area contributed by atoms with Crippen LogP contribution in [0.4, 0.5) is 0 Å². The summed E-state index contributed by atoms with van der Waals surface area (Å²) in [6, 6.07) is 0.00742. The number of aliphatic hydroxyl groups excluding tert-OH is 1. The van der Waals surface area contributed by atoms with E-state index in [9.17, 15) is 9.90 Å². The van der Waals surface area contributed by atoms with Gasteiger partial charge in [-0.2, -0.15) is 0 Å². The quantitative estimate of drug-likeness (QED) is 0.584. The maximum absolute atomic E-state index is 11.9. The van der Waals surface area contributed by atoms with Crippen molar-refractivity contribution in [1.29, 1.82) is 0 Å². The third-order valence-electron chi connectivity index (χ3n) is 4.17. The molecule has 1 aliphatic heterocycles. The van der Waals surface area contributed by atoms with Gasteiger partial charge in [-0.3, -0.25) is 4.79 Å². The van der Waals surface area contributed by atoms with Crippen molar-refractivity contribution < 1.29 is 14.6 Å². The molecule has 1 fully saturated rings. The second kappa shape index (κ2) is 9.68. The smallest absolute Gasteiger partial charge is 0.244 e. The summed E-state index contributed by atoms with van der Waals surface area (Å²) in [6.07, 6.45) is 10.5. The zero-order valence-corrected chi connectivity index (χ0v) is 15.0. The van der Waals surface area contributed by atoms with E-state index in [4.69, 9.17) is 4.74 Å². The topological polar surface area (TPSA) is 58.6 Å². The first-order valence-corrected chi connectivity index (χ1v) is 8.45. The molecule has 4 heteroatoms. The average Bonchev–Trinajstić information content (AvgIpc) is 2.47. The molecular formula is C19H31NO3. The molecule has 5 atom stereocenters. The monoisotopic (exact) mass is 321 g/mol. The van der Waals surface area contributed by atoms with Gasteiger partial charge in [-0.05, 0) is 46.5 Å². The number of aliphatic hydroxyl groups is 1. The fourth-order valence-electron chi connectivity index (χ4n) is 2.80. The number of amides is 1. The Kier molecular flexibility index (Phi) is 8.28. The predicted molar refractivity (Wildman–Crippen MR) is 94.1 cm³/mol. The van der Waals surface area contributed by atoms with Gasteiger partial charge in [0, 0.05) is 6.08 Å². The first-order valence-electron chi connectivity index (χ1n) is 8.45. The third-order valence-corrected chi connectivity index (χ3v) is 4.17. The first kappa shape index (κ1) is 19.7. The van der Waals surface area contributed by atoms with Gasteiger partial charge in [0.05, 0.1) is 24.4 Å². The molecule has 130 valence electrons. The highest BCUT2D eigenvalue weighted by Crippen LogP contribution is 2.27. The van der Waals surface area contributed by atoms with Crippen molar-refractivity contribution in [2.75, 3.05) is 0 Å². The van der Waals surface area contributed by atoms with E-state index in [1.165, 1.54) is 17.7 Å². The van der Waals surface area contributed by atoms with Crippen molar-refractivity contribution in [3.05, 3.63) is 36.0 Å². The summed E-state index contributed by atoms with van der Waals surface area (Å²) in [5.41, 5.74) is 1.25. The number of allylic oxidation sites excluding steroid dienone is 3. The van der Waals surface area contributed by atoms with E-state index < -0.39 is 6.10 Å². The molecule has 4 nitrogen and oxygen atoms in total. The Bertz CT molecular complexity index is 465. The fourth-order valence-corrected chi connectivity index (χ4v) is 2.80. The van der Waals surface area contributed by atoms with Gasteiger partial charge in [-0.25, -0.2) is 0 Å². The van der Waals surface area contributed by atoms with Crippen LogP contribution in [0.5, 0.6) is 0 Å². The zero-order valence-electron chi connectivity index (χ0n) is 15.0. The van der Waals surface area contributed by atoms with E-state index >= 15 is 0 Å². The molecule has 0 aliphatic carbocycles. The highest BCUT2D eigenvalue weighted by Gasteiger charge is 2.33. The molecule has 1 heterocycles. The number of nitrogens with one attached hydrogen (secondary N) is 1. The highest BCUT2D eigenvalue weighted by atomic mass is 16.5. The summed E-state index contributed by atoms with van der Waals surface area (Å²) in [5, 5.41) is 12.1. The van der Waals surface area contributed by atoms with Gasteiger partial charge in [0.1, 0.15) is 0 Å². The number of carbonyl (C=O) groups excluding carboxylic acids is 1. The Balaban J connectivity index is 2.55. The lowest BCUT2D eigenvalue weighted by Crippen LogP contribution is -2.50. The van der Waals surface area contributed by atoms with Crippen LogP contribution in [0.25, 0.3) is 0 Å². The fraction of sp³-hybridized carbons (Fsp3) is 0.632. The van der Waals surface area contributed by atoms with Crippen molar-refractivity contribution in [3.63, 3.8) is 0 Å². The molecule has 1 saturated heterocycles. The summed E-state index contributed by atoms with van der Waals surface area (Å²) in [7, 11) is 0. The second-order valence-electron chi connectivity index (χ2n) is 6.49. The summed E-state index contributed by atoms with van der Waals surface area (Å²) in [5.74, 6) is 0.202. The van der Waals surface area contributed by atoms with Crippen LogP contribution >= 0.6 is 0 Å². The molecule has 0 aromatic heterocycles. The maximum Gasteiger partial charge on any atom is 0.244 e. The molecule has 0 radical (unpaired) electrons. The van der Waals surface area contributed by atoms with Crippen LogP contribution in [0.3, 0.4) is 0 Å². The van der Waals surface area contributed by atoms with Crippen molar-refractivity contribution >= 4 is 5.91 Å². The molecule has 0 aromatic rings. The number of hydrogen-bond acceptors (Lipinski definition) is 3. The normalized spacial score (nSPS) is 30.8. The lowest BCUT2D eigenvalue weighted by atomic mass is 9.88. The number of rotatable bonds is 6. The van der Waals surface area contributed by atoms with Crippen molar-refractivity contribution in [3.8, 4) is 0 Å². The minimum atomic E-state index is -0.615. The van der Waals surface area contributed by atoms with Crippen LogP contribution in [0.1, 0.15) is 47.5 Å². The van der Waals surface area contributed by atoms with E-state index in [0.29, 0.717) is 5.92 Å². The molecule has 1 rings (SSSR count). The van der Waals surface area contributed by atoms with E-state index in [1.54, 1.807) is 6.92 Å². The van der Waals surface area contributed by atoms with Crippen LogP contribution < -0.4 is 5.32 Å². The first-order chi connectivity index (χ1) is 10.8. The van der Waals surface area contributed by atoms with Crippen LogP contribution in [-0.4, -0.2) is 35.4 Å². The van der Waals surface area contributed by atoms with Gasteiger partial charge in [-0.15, -0.1) is 0 Å². The Morgan fingerprint density at radius 2 is 2.09 bits per heavy atom. The second-order valence-corrected chi connectivity index (χ2v) is 6.49. The van der Waals surface area contributed by atoms with Crippen LogP contribution in [0.2, 0.25) is 0 Å². The van der Waals surface area contributed by atoms with E-state index in [0.717, 1.165) is 12.8 Å². The summed E-state index contributed by atoms with van der Waals surface area (Å²) >= 11 is 0. The average molecular weight is 321 g/mol. The molecule has 1 aliphatic rings. The van der Waals surface area contributed by atoms with Gasteiger partial charge in [0.2, 0.25) is 5.91 Å². The van der Waals surface area contributed by atoms with Gasteiger partial charge >= 0.3 is 0 Å². The molecule has 0 aromatic carbocycles. The minimum Gasteiger partial charge on any atom is -0.389 e. The lowest BCUT2D eigenvalue weighted by molar-refractivity contribution is -0.123. The van der Waals surface area contributed by atoms with E-state index in [2.05, 4.69) is 31.3 Å². The van der Waals surface area contributed by atoms with E-state index in [1.807, 2.05) is 19.9 Å². The SMILES string of the molecule is C/C=C/C(C)=C/C[C@@H]1O[C@H](C)[C@H](NC(=O)/C=C\[C@H](C)O)C[C@@H]1C. The molecule has 2 N–H and O–H groups in total. The highest BCUT2D eigenvalue weighted by molar-refractivity contribution is 5.87. The third kappa shape index (κ3) is 7.14. The standard InChI is InChI=1S/C19H31NO3/c1-6-7-13(2)8-10-18-14(3)12-17(16(5)23-18)20-19(22)11-9-15(4)21/h6-9,11,14-18,21H,10,12H2,1-5H3,(H,20,22)/b7-6+,11-9-,13-8+/t14-,15-,16+,17+,18-/m0/s1.